The van der Waals surface area contributed by atoms with Crippen LogP contribution < -0.4 is 0 Å². The summed E-state index contributed by atoms with van der Waals surface area (Å²) in [5.41, 5.74) is 0. The Morgan fingerprint density at radius 1 is 1.21 bits per heavy atom. The Morgan fingerprint density at radius 3 is 2.71 bits per heavy atom. The standard InChI is InChI=1S/C16H26N4O3S/c1-24(22,23)13-12-18-10-5-15-14(18)6-11-20(15)16(21)4-2-8-19-9-3-7-17-19/h3,7,9,14-15H,2,4-6,8,10-13H2,1H3/t14-,15-/m0/s1. The molecule has 0 bridgehead atoms. The Kier molecular flexibility index (Phi) is 5.24. The maximum absolute atomic E-state index is 12.5. The Labute approximate surface area is 143 Å². The first kappa shape index (κ1) is 17.4. The van der Waals surface area contributed by atoms with E-state index in [9.17, 15) is 13.2 Å². The summed E-state index contributed by atoms with van der Waals surface area (Å²) in [6.07, 6.45) is 8.20. The minimum atomic E-state index is -2.93. The van der Waals surface area contributed by atoms with Gasteiger partial charge in [-0.2, -0.15) is 5.10 Å². The van der Waals surface area contributed by atoms with Crippen molar-refractivity contribution in [3.8, 4) is 0 Å². The highest BCUT2D eigenvalue weighted by molar-refractivity contribution is 7.90. The molecule has 7 nitrogen and oxygen atoms in total. The van der Waals surface area contributed by atoms with Crippen LogP contribution in [0.2, 0.25) is 0 Å². The van der Waals surface area contributed by atoms with Crippen molar-refractivity contribution in [3.05, 3.63) is 18.5 Å². The first-order valence-corrected chi connectivity index (χ1v) is 10.7. The van der Waals surface area contributed by atoms with Gasteiger partial charge < -0.3 is 4.90 Å². The van der Waals surface area contributed by atoms with Crippen LogP contribution >= 0.6 is 0 Å². The Bertz CT molecular complexity index is 659. The minimum absolute atomic E-state index is 0.202. The van der Waals surface area contributed by atoms with E-state index in [4.69, 9.17) is 0 Å². The zero-order chi connectivity index (χ0) is 17.2. The van der Waals surface area contributed by atoms with Crippen molar-refractivity contribution in [1.82, 2.24) is 19.6 Å². The molecule has 0 N–H and O–H groups in total. The van der Waals surface area contributed by atoms with Crippen molar-refractivity contribution < 1.29 is 13.2 Å². The number of nitrogens with zero attached hydrogens (tertiary/aromatic N) is 4. The number of fused-ring (bicyclic) bond motifs is 1. The van der Waals surface area contributed by atoms with Crippen molar-refractivity contribution in [3.63, 3.8) is 0 Å². The lowest BCUT2D eigenvalue weighted by Gasteiger charge is -2.25. The number of hydrogen-bond acceptors (Lipinski definition) is 5. The molecule has 0 saturated carbocycles. The van der Waals surface area contributed by atoms with Crippen molar-refractivity contribution in [1.29, 1.82) is 0 Å². The zero-order valence-electron chi connectivity index (χ0n) is 14.2. The van der Waals surface area contributed by atoms with Gasteiger partial charge in [-0.3, -0.25) is 14.4 Å². The number of hydrogen-bond donors (Lipinski definition) is 0. The van der Waals surface area contributed by atoms with Crippen LogP contribution in [0.4, 0.5) is 0 Å². The lowest BCUT2D eigenvalue weighted by Crippen LogP contribution is -2.40. The smallest absolute Gasteiger partial charge is 0.222 e. The van der Waals surface area contributed by atoms with Crippen LogP contribution in [0, 0.1) is 0 Å². The van der Waals surface area contributed by atoms with Crippen LogP contribution in [0.25, 0.3) is 0 Å². The van der Waals surface area contributed by atoms with E-state index in [1.807, 2.05) is 21.8 Å². The fourth-order valence-electron chi connectivity index (χ4n) is 3.91. The second-order valence-corrected chi connectivity index (χ2v) is 9.10. The minimum Gasteiger partial charge on any atom is -0.338 e. The summed E-state index contributed by atoms with van der Waals surface area (Å²) in [5, 5.41) is 4.15. The van der Waals surface area contributed by atoms with Crippen molar-refractivity contribution in [2.75, 3.05) is 31.6 Å². The van der Waals surface area contributed by atoms with E-state index < -0.39 is 9.84 Å². The summed E-state index contributed by atoms with van der Waals surface area (Å²) in [6, 6.07) is 2.49. The SMILES string of the molecule is CS(=O)(=O)CCN1CC[C@H]2[C@@H]1CCN2C(=O)CCCn1cccn1. The van der Waals surface area contributed by atoms with Crippen LogP contribution in [0.1, 0.15) is 25.7 Å². The first-order chi connectivity index (χ1) is 11.4. The molecule has 0 spiro atoms. The van der Waals surface area contributed by atoms with Crippen LogP contribution in [0.15, 0.2) is 18.5 Å². The molecule has 1 amide bonds. The molecule has 2 saturated heterocycles. The van der Waals surface area contributed by atoms with Gasteiger partial charge in [-0.05, 0) is 25.3 Å². The molecule has 0 aliphatic carbocycles. The maximum Gasteiger partial charge on any atom is 0.222 e. The molecule has 3 rings (SSSR count). The molecule has 1 aromatic heterocycles. The van der Waals surface area contributed by atoms with Crippen molar-refractivity contribution in [2.45, 2.75) is 44.3 Å². The highest BCUT2D eigenvalue weighted by Gasteiger charge is 2.43. The number of likely N-dealkylation sites (tertiary alicyclic amines) is 2. The molecular formula is C16H26N4O3S. The number of carbonyl (C=O) groups is 1. The third-order valence-corrected chi connectivity index (χ3v) is 6.02. The maximum atomic E-state index is 12.5. The van der Waals surface area contributed by atoms with Crippen LogP contribution in [-0.4, -0.2) is 77.6 Å². The van der Waals surface area contributed by atoms with E-state index in [1.165, 1.54) is 6.26 Å². The second kappa shape index (κ2) is 7.23. The average Bonchev–Trinajstić information content (AvgIpc) is 3.22. The van der Waals surface area contributed by atoms with E-state index >= 15 is 0 Å². The third-order valence-electron chi connectivity index (χ3n) is 5.10. The monoisotopic (exact) mass is 354 g/mol. The van der Waals surface area contributed by atoms with Gasteiger partial charge >= 0.3 is 0 Å². The molecule has 2 fully saturated rings. The van der Waals surface area contributed by atoms with Gasteiger partial charge in [0.2, 0.25) is 5.91 Å². The van der Waals surface area contributed by atoms with E-state index in [-0.39, 0.29) is 17.7 Å². The molecule has 2 aliphatic heterocycles. The van der Waals surface area contributed by atoms with Gasteiger partial charge in [0.15, 0.2) is 0 Å². The number of amides is 1. The molecular weight excluding hydrogens is 328 g/mol. The number of sulfone groups is 1. The van der Waals surface area contributed by atoms with Crippen molar-refractivity contribution >= 4 is 15.7 Å². The predicted octanol–water partition coefficient (Wildman–Crippen LogP) is 0.383. The first-order valence-electron chi connectivity index (χ1n) is 8.63. The molecule has 1 aromatic rings. The lowest BCUT2D eigenvalue weighted by molar-refractivity contribution is -0.132. The molecule has 0 aromatic carbocycles. The quantitative estimate of drug-likeness (QED) is 0.708. The molecule has 3 heterocycles. The van der Waals surface area contributed by atoms with Crippen molar-refractivity contribution in [2.24, 2.45) is 0 Å². The molecule has 0 unspecified atom stereocenters. The summed E-state index contributed by atoms with van der Waals surface area (Å²) in [4.78, 5) is 16.8. The van der Waals surface area contributed by atoms with E-state index in [0.29, 0.717) is 19.0 Å². The molecule has 2 atom stereocenters. The highest BCUT2D eigenvalue weighted by atomic mass is 32.2. The lowest BCUT2D eigenvalue weighted by atomic mass is 10.1. The van der Waals surface area contributed by atoms with Crippen LogP contribution in [0.5, 0.6) is 0 Å². The van der Waals surface area contributed by atoms with Gasteiger partial charge in [0, 0.05) is 63.3 Å². The summed E-state index contributed by atoms with van der Waals surface area (Å²) in [7, 11) is -2.93. The highest BCUT2D eigenvalue weighted by Crippen LogP contribution is 2.32. The molecule has 2 aliphatic rings. The topological polar surface area (TPSA) is 75.5 Å². The predicted molar refractivity (Wildman–Crippen MR) is 91.3 cm³/mol. The zero-order valence-corrected chi connectivity index (χ0v) is 15.0. The fourth-order valence-corrected chi connectivity index (χ4v) is 4.48. The van der Waals surface area contributed by atoms with E-state index in [0.717, 1.165) is 38.9 Å². The van der Waals surface area contributed by atoms with E-state index in [2.05, 4.69) is 10.00 Å². The Hall–Kier alpha value is -1.41. The summed E-state index contributed by atoms with van der Waals surface area (Å²) >= 11 is 0. The average molecular weight is 354 g/mol. The fraction of sp³-hybridized carbons (Fsp3) is 0.750. The largest absolute Gasteiger partial charge is 0.338 e. The summed E-state index contributed by atoms with van der Waals surface area (Å²) < 4.78 is 24.6. The normalized spacial score (nSPS) is 24.5. The van der Waals surface area contributed by atoms with E-state index in [1.54, 1.807) is 6.20 Å². The molecule has 8 heteroatoms. The summed E-state index contributed by atoms with van der Waals surface area (Å²) in [6.45, 7) is 3.04. The number of carbonyl (C=O) groups excluding carboxylic acids is 1. The third kappa shape index (κ3) is 4.16. The van der Waals surface area contributed by atoms with Gasteiger partial charge in [0.1, 0.15) is 9.84 Å². The molecule has 0 radical (unpaired) electrons. The molecule has 134 valence electrons. The Balaban J connectivity index is 1.47. The number of aromatic nitrogens is 2. The van der Waals surface area contributed by atoms with Crippen LogP contribution in [-0.2, 0) is 21.2 Å². The van der Waals surface area contributed by atoms with Gasteiger partial charge in [-0.25, -0.2) is 8.42 Å². The van der Waals surface area contributed by atoms with Crippen LogP contribution in [0.3, 0.4) is 0 Å². The number of rotatable bonds is 7. The van der Waals surface area contributed by atoms with Gasteiger partial charge in [0.25, 0.3) is 0 Å². The van der Waals surface area contributed by atoms with Gasteiger partial charge in [0.05, 0.1) is 5.75 Å². The second-order valence-electron chi connectivity index (χ2n) is 6.84. The summed E-state index contributed by atoms with van der Waals surface area (Å²) in [5.74, 6) is 0.424. The Morgan fingerprint density at radius 2 is 2.00 bits per heavy atom. The van der Waals surface area contributed by atoms with Gasteiger partial charge in [-0.1, -0.05) is 0 Å². The number of aryl methyl sites for hydroxylation is 1. The molecule has 24 heavy (non-hydrogen) atoms. The van der Waals surface area contributed by atoms with Gasteiger partial charge in [-0.15, -0.1) is 0 Å².